The first-order chi connectivity index (χ1) is 11.5. The number of amides is 1. The number of nitrogens with zero attached hydrogens (tertiary/aromatic N) is 2. The molecule has 0 spiro atoms. The van der Waals surface area contributed by atoms with Gasteiger partial charge in [-0.3, -0.25) is 9.69 Å². The van der Waals surface area contributed by atoms with Gasteiger partial charge in [0.2, 0.25) is 5.91 Å². The Morgan fingerprint density at radius 3 is 2.58 bits per heavy atom. The molecule has 2 rings (SSSR count). The summed E-state index contributed by atoms with van der Waals surface area (Å²) in [6.45, 7) is 0.925. The van der Waals surface area contributed by atoms with Crippen LogP contribution in [-0.2, 0) is 11.3 Å². The lowest BCUT2D eigenvalue weighted by Gasteiger charge is -2.20. The number of furan rings is 1. The van der Waals surface area contributed by atoms with Gasteiger partial charge in [0.05, 0.1) is 41.2 Å². The summed E-state index contributed by atoms with van der Waals surface area (Å²) in [7, 11) is 0. The zero-order chi connectivity index (χ0) is 17.5. The first kappa shape index (κ1) is 18.6. The van der Waals surface area contributed by atoms with Crippen molar-refractivity contribution in [3.8, 4) is 6.07 Å². The van der Waals surface area contributed by atoms with Crippen molar-refractivity contribution >= 4 is 46.4 Å². The highest BCUT2D eigenvalue weighted by atomic mass is 35.5. The molecule has 0 atom stereocenters. The molecule has 0 saturated carbocycles. The molecule has 0 aliphatic heterocycles. The lowest BCUT2D eigenvalue weighted by Crippen LogP contribution is -2.33. The van der Waals surface area contributed by atoms with E-state index in [1.54, 1.807) is 17.2 Å². The maximum Gasteiger partial charge on any atom is 0.238 e. The number of halogens is 3. The van der Waals surface area contributed by atoms with E-state index in [9.17, 15) is 4.79 Å². The third-order valence-corrected chi connectivity index (χ3v) is 3.95. The first-order valence-corrected chi connectivity index (χ1v) is 8.19. The summed E-state index contributed by atoms with van der Waals surface area (Å²) in [5.41, 5.74) is 0.311. The normalized spacial score (nSPS) is 10.6. The fourth-order valence-corrected chi connectivity index (χ4v) is 3.00. The Kier molecular flexibility index (Phi) is 6.95. The van der Waals surface area contributed by atoms with Gasteiger partial charge in [-0.05, 0) is 24.3 Å². The van der Waals surface area contributed by atoms with Gasteiger partial charge in [0, 0.05) is 18.0 Å². The van der Waals surface area contributed by atoms with Crippen molar-refractivity contribution in [2.24, 2.45) is 0 Å². The lowest BCUT2D eigenvalue weighted by atomic mass is 10.3. The summed E-state index contributed by atoms with van der Waals surface area (Å²) >= 11 is 18.0. The maximum absolute atomic E-state index is 12.3. The molecule has 1 aromatic carbocycles. The molecule has 0 bridgehead atoms. The van der Waals surface area contributed by atoms with E-state index in [4.69, 9.17) is 44.5 Å². The molecule has 0 saturated heterocycles. The minimum atomic E-state index is -0.300. The molecule has 2 aromatic rings. The van der Waals surface area contributed by atoms with Crippen LogP contribution < -0.4 is 5.32 Å². The number of hydrogen-bond donors (Lipinski definition) is 1. The van der Waals surface area contributed by atoms with Crippen molar-refractivity contribution in [3.05, 3.63) is 51.4 Å². The highest BCUT2D eigenvalue weighted by Crippen LogP contribution is 2.33. The second kappa shape index (κ2) is 8.95. The van der Waals surface area contributed by atoms with Gasteiger partial charge in [-0.15, -0.1) is 0 Å². The molecule has 0 aliphatic rings. The average molecular weight is 387 g/mol. The Hall–Kier alpha value is -1.71. The van der Waals surface area contributed by atoms with Crippen molar-refractivity contribution in [1.29, 1.82) is 5.26 Å². The predicted molar refractivity (Wildman–Crippen MR) is 94.3 cm³/mol. The van der Waals surface area contributed by atoms with Gasteiger partial charge >= 0.3 is 0 Å². The van der Waals surface area contributed by atoms with Gasteiger partial charge in [0.1, 0.15) is 5.76 Å². The second-order valence-electron chi connectivity index (χ2n) is 4.99. The van der Waals surface area contributed by atoms with Gasteiger partial charge in [-0.2, -0.15) is 5.26 Å². The summed E-state index contributed by atoms with van der Waals surface area (Å²) in [6.07, 6.45) is 1.86. The molecule has 0 unspecified atom stereocenters. The summed E-state index contributed by atoms with van der Waals surface area (Å²) in [6, 6.07) is 8.64. The number of rotatable bonds is 7. The van der Waals surface area contributed by atoms with E-state index in [-0.39, 0.29) is 22.5 Å². The molecular weight excluding hydrogens is 373 g/mol. The first-order valence-electron chi connectivity index (χ1n) is 7.05. The maximum atomic E-state index is 12.3. The van der Waals surface area contributed by atoms with Gasteiger partial charge in [-0.25, -0.2) is 0 Å². The minimum absolute atomic E-state index is 0.0671. The lowest BCUT2D eigenvalue weighted by molar-refractivity contribution is -0.117. The number of benzene rings is 1. The van der Waals surface area contributed by atoms with Crippen LogP contribution in [0.4, 0.5) is 5.69 Å². The van der Waals surface area contributed by atoms with E-state index in [1.165, 1.54) is 12.1 Å². The van der Waals surface area contributed by atoms with Gasteiger partial charge < -0.3 is 9.73 Å². The van der Waals surface area contributed by atoms with Crippen LogP contribution in [0.2, 0.25) is 15.1 Å². The highest BCUT2D eigenvalue weighted by Gasteiger charge is 2.16. The molecular formula is C16H14Cl3N3O2. The van der Waals surface area contributed by atoms with Crippen molar-refractivity contribution < 1.29 is 9.21 Å². The SMILES string of the molecule is N#CCCN(CC(=O)Nc1c(Cl)cc(Cl)cc1Cl)Cc1ccco1. The van der Waals surface area contributed by atoms with Crippen LogP contribution in [-0.4, -0.2) is 23.9 Å². The molecule has 0 fully saturated rings. The fraction of sp³-hybridized carbons (Fsp3) is 0.250. The summed E-state index contributed by atoms with van der Waals surface area (Å²) in [5, 5.41) is 12.3. The second-order valence-corrected chi connectivity index (χ2v) is 6.24. The van der Waals surface area contributed by atoms with Crippen molar-refractivity contribution in [1.82, 2.24) is 4.90 Å². The molecule has 0 radical (unpaired) electrons. The number of nitriles is 1. The largest absolute Gasteiger partial charge is 0.468 e. The van der Waals surface area contributed by atoms with E-state index in [2.05, 4.69) is 11.4 Å². The van der Waals surface area contributed by atoms with E-state index in [1.807, 2.05) is 6.07 Å². The van der Waals surface area contributed by atoms with Crippen molar-refractivity contribution in [2.75, 3.05) is 18.4 Å². The van der Waals surface area contributed by atoms with E-state index in [0.29, 0.717) is 36.0 Å². The van der Waals surface area contributed by atoms with Crippen molar-refractivity contribution in [2.45, 2.75) is 13.0 Å². The number of carbonyl (C=O) groups is 1. The number of carbonyl (C=O) groups excluding carboxylic acids is 1. The summed E-state index contributed by atoms with van der Waals surface area (Å²) in [5.74, 6) is 0.411. The zero-order valence-electron chi connectivity index (χ0n) is 12.6. The summed E-state index contributed by atoms with van der Waals surface area (Å²) < 4.78 is 5.28. The van der Waals surface area contributed by atoms with Crippen LogP contribution in [0.3, 0.4) is 0 Å². The van der Waals surface area contributed by atoms with Crippen LogP contribution in [0.15, 0.2) is 34.9 Å². The number of hydrogen-bond acceptors (Lipinski definition) is 4. The highest BCUT2D eigenvalue weighted by molar-refractivity contribution is 6.42. The Bertz CT molecular complexity index is 719. The van der Waals surface area contributed by atoms with Gasteiger partial charge in [-0.1, -0.05) is 34.8 Å². The van der Waals surface area contributed by atoms with Crippen LogP contribution >= 0.6 is 34.8 Å². The Morgan fingerprint density at radius 1 is 1.29 bits per heavy atom. The third-order valence-electron chi connectivity index (χ3n) is 3.14. The van der Waals surface area contributed by atoms with Crippen LogP contribution in [0.25, 0.3) is 0 Å². The molecule has 126 valence electrons. The monoisotopic (exact) mass is 385 g/mol. The quantitative estimate of drug-likeness (QED) is 0.755. The molecule has 5 nitrogen and oxygen atoms in total. The Labute approximate surface area is 154 Å². The molecule has 24 heavy (non-hydrogen) atoms. The zero-order valence-corrected chi connectivity index (χ0v) is 14.8. The molecule has 1 aromatic heterocycles. The standard InChI is InChI=1S/C16H14Cl3N3O2/c17-11-7-13(18)16(14(19)8-11)21-15(23)10-22(5-2-4-20)9-12-3-1-6-24-12/h1,3,6-8H,2,5,9-10H2,(H,21,23). The smallest absolute Gasteiger partial charge is 0.238 e. The fourth-order valence-electron chi connectivity index (χ4n) is 2.09. The topological polar surface area (TPSA) is 69.3 Å². The summed E-state index contributed by atoms with van der Waals surface area (Å²) in [4.78, 5) is 14.1. The molecule has 1 amide bonds. The number of anilines is 1. The van der Waals surface area contributed by atoms with E-state index >= 15 is 0 Å². The third kappa shape index (κ3) is 5.43. The molecule has 0 aliphatic carbocycles. The van der Waals surface area contributed by atoms with Crippen LogP contribution in [0.1, 0.15) is 12.2 Å². The predicted octanol–water partition coefficient (Wildman–Crippen LogP) is 4.59. The minimum Gasteiger partial charge on any atom is -0.468 e. The molecule has 1 N–H and O–H groups in total. The average Bonchev–Trinajstić information content (AvgIpc) is 3.01. The van der Waals surface area contributed by atoms with E-state index < -0.39 is 0 Å². The number of nitrogens with one attached hydrogen (secondary N) is 1. The van der Waals surface area contributed by atoms with E-state index in [0.717, 1.165) is 0 Å². The van der Waals surface area contributed by atoms with Crippen LogP contribution in [0.5, 0.6) is 0 Å². The molecule has 1 heterocycles. The molecule has 8 heteroatoms. The Morgan fingerprint density at radius 2 is 2.00 bits per heavy atom. The van der Waals surface area contributed by atoms with Gasteiger partial charge in [0.15, 0.2) is 0 Å². The van der Waals surface area contributed by atoms with Crippen molar-refractivity contribution in [3.63, 3.8) is 0 Å². The van der Waals surface area contributed by atoms with Gasteiger partial charge in [0.25, 0.3) is 0 Å². The van der Waals surface area contributed by atoms with Crippen LogP contribution in [0, 0.1) is 11.3 Å². The Balaban J connectivity index is 2.03.